The number of hydrogen-bond donors (Lipinski definition) is 1. The van der Waals surface area contributed by atoms with E-state index < -0.39 is 5.41 Å². The molecule has 3 atom stereocenters. The van der Waals surface area contributed by atoms with E-state index in [4.69, 9.17) is 29.7 Å². The van der Waals surface area contributed by atoms with Gasteiger partial charge in [0.1, 0.15) is 28.8 Å². The first-order valence-corrected chi connectivity index (χ1v) is 16.8. The van der Waals surface area contributed by atoms with Gasteiger partial charge in [-0.25, -0.2) is 4.98 Å². The third kappa shape index (κ3) is 6.21. The fourth-order valence-corrected chi connectivity index (χ4v) is 8.23. The van der Waals surface area contributed by atoms with Crippen molar-refractivity contribution in [2.75, 3.05) is 64.1 Å². The van der Waals surface area contributed by atoms with Gasteiger partial charge in [-0.1, -0.05) is 11.2 Å². The number of carbonyl (C=O) groups excluding carboxylic acids is 1. The molecule has 2 aliphatic heterocycles. The number of aromatic nitrogens is 3. The van der Waals surface area contributed by atoms with Crippen molar-refractivity contribution in [1.29, 1.82) is 5.26 Å². The molecule has 5 heterocycles. The van der Waals surface area contributed by atoms with Gasteiger partial charge in [-0.2, -0.15) is 10.2 Å². The van der Waals surface area contributed by atoms with Gasteiger partial charge in [0.25, 0.3) is 0 Å². The molecule has 3 aromatic heterocycles. The van der Waals surface area contributed by atoms with Gasteiger partial charge in [0.05, 0.1) is 17.6 Å². The Morgan fingerprint density at radius 2 is 2.07 bits per heavy atom. The summed E-state index contributed by atoms with van der Waals surface area (Å²) in [6.07, 6.45) is 8.10. The number of likely N-dealkylation sites (tertiary alicyclic amines) is 1. The summed E-state index contributed by atoms with van der Waals surface area (Å²) in [6.45, 7) is 7.99. The molecule has 2 fully saturated rings. The number of ether oxygens (including phenoxy) is 2. The van der Waals surface area contributed by atoms with Crippen LogP contribution in [0.3, 0.4) is 0 Å². The topological polar surface area (TPSA) is 147 Å². The standard InChI is InChI=1S/C33H42N8O4S/c1-21(24-8-6-12-39(24)3)44-28-19-27(40-13-15-41(16-14-40)29(42)10-7-17-43-4)36-32(37-28)23-18-26(45-38-23)33(2)11-5-9-25-30(33)22(20-34)31(35)46-25/h7,10,18-19,21,24H,5-6,8-9,11-17,35H2,1-4H3/b10-7+/t21-,24-,33?/m0/s1. The maximum atomic E-state index is 12.6. The molecule has 1 aliphatic carbocycles. The number of aryl methyl sites for hydroxylation is 1. The van der Waals surface area contributed by atoms with Gasteiger partial charge in [-0.15, -0.1) is 11.3 Å². The van der Waals surface area contributed by atoms with Gasteiger partial charge in [0, 0.05) is 62.4 Å². The molecule has 0 radical (unpaired) electrons. The lowest BCUT2D eigenvalue weighted by atomic mass is 9.71. The molecule has 3 aliphatic rings. The summed E-state index contributed by atoms with van der Waals surface area (Å²) < 4.78 is 17.5. The van der Waals surface area contributed by atoms with Gasteiger partial charge in [-0.3, -0.25) is 9.69 Å². The van der Waals surface area contributed by atoms with E-state index in [1.54, 1.807) is 19.3 Å². The first kappa shape index (κ1) is 32.0. The van der Waals surface area contributed by atoms with Crippen molar-refractivity contribution in [3.05, 3.63) is 46.0 Å². The maximum absolute atomic E-state index is 12.6. The third-order valence-electron chi connectivity index (χ3n) is 9.59. The summed E-state index contributed by atoms with van der Waals surface area (Å²) >= 11 is 1.49. The monoisotopic (exact) mass is 646 g/mol. The molecular weight excluding hydrogens is 604 g/mol. The Hall–Kier alpha value is -3.99. The molecule has 244 valence electrons. The van der Waals surface area contributed by atoms with Crippen molar-refractivity contribution in [1.82, 2.24) is 24.9 Å². The van der Waals surface area contributed by atoms with Crippen LogP contribution in [0.1, 0.15) is 61.3 Å². The summed E-state index contributed by atoms with van der Waals surface area (Å²) in [5, 5.41) is 14.9. The zero-order valence-electron chi connectivity index (χ0n) is 27.0. The number of anilines is 2. The molecule has 0 saturated carbocycles. The van der Waals surface area contributed by atoms with Crippen LogP contribution in [0.15, 0.2) is 28.8 Å². The summed E-state index contributed by atoms with van der Waals surface area (Å²) in [6, 6.07) is 6.40. The molecule has 1 unspecified atom stereocenters. The molecule has 0 spiro atoms. The quantitative estimate of drug-likeness (QED) is 0.337. The number of nitrogens with zero attached hydrogens (tertiary/aromatic N) is 7. The lowest BCUT2D eigenvalue weighted by molar-refractivity contribution is -0.126. The van der Waals surface area contributed by atoms with Crippen LogP contribution in [0.4, 0.5) is 10.8 Å². The smallest absolute Gasteiger partial charge is 0.246 e. The largest absolute Gasteiger partial charge is 0.473 e. The number of fused-ring (bicyclic) bond motifs is 1. The predicted molar refractivity (Wildman–Crippen MR) is 176 cm³/mol. The molecule has 12 nitrogen and oxygen atoms in total. The lowest BCUT2D eigenvalue weighted by Crippen LogP contribution is -2.48. The Morgan fingerprint density at radius 3 is 2.78 bits per heavy atom. The number of hydrogen-bond acceptors (Lipinski definition) is 12. The van der Waals surface area contributed by atoms with Crippen molar-refractivity contribution in [3.8, 4) is 23.5 Å². The van der Waals surface area contributed by atoms with E-state index in [0.29, 0.717) is 78.4 Å². The Morgan fingerprint density at radius 1 is 1.26 bits per heavy atom. The van der Waals surface area contributed by atoms with E-state index >= 15 is 0 Å². The fraction of sp³-hybridized carbons (Fsp3) is 0.545. The predicted octanol–water partition coefficient (Wildman–Crippen LogP) is 4.00. The van der Waals surface area contributed by atoms with E-state index in [-0.39, 0.29) is 12.0 Å². The first-order valence-electron chi connectivity index (χ1n) is 16.0. The van der Waals surface area contributed by atoms with Crippen LogP contribution < -0.4 is 15.4 Å². The van der Waals surface area contributed by atoms with Gasteiger partial charge in [0.2, 0.25) is 11.8 Å². The zero-order chi connectivity index (χ0) is 32.4. The van der Waals surface area contributed by atoms with Crippen LogP contribution in [0.25, 0.3) is 11.5 Å². The molecule has 2 saturated heterocycles. The normalized spacial score (nSPS) is 22.6. The van der Waals surface area contributed by atoms with Gasteiger partial charge in [-0.05, 0) is 65.1 Å². The van der Waals surface area contributed by atoms with Gasteiger partial charge in [0.15, 0.2) is 11.5 Å². The number of thiophene rings is 1. The Bertz CT molecular complexity index is 1640. The van der Waals surface area contributed by atoms with Gasteiger partial charge < -0.3 is 29.5 Å². The number of piperazine rings is 1. The van der Waals surface area contributed by atoms with E-state index in [2.05, 4.69) is 41.9 Å². The summed E-state index contributed by atoms with van der Waals surface area (Å²) in [5.74, 6) is 2.22. The number of nitrogens with two attached hydrogens (primary N) is 1. The van der Waals surface area contributed by atoms with Gasteiger partial charge >= 0.3 is 0 Å². The summed E-state index contributed by atoms with van der Waals surface area (Å²) in [4.78, 5) is 29.8. The van der Waals surface area contributed by atoms with E-state index in [1.807, 2.05) is 17.0 Å². The molecule has 0 bridgehead atoms. The summed E-state index contributed by atoms with van der Waals surface area (Å²) in [5.41, 5.74) is 7.69. The highest BCUT2D eigenvalue weighted by atomic mass is 32.1. The van der Waals surface area contributed by atoms with Crippen LogP contribution in [0.5, 0.6) is 5.88 Å². The number of amides is 1. The van der Waals surface area contributed by atoms with Crippen molar-refractivity contribution in [3.63, 3.8) is 0 Å². The Labute approximate surface area is 273 Å². The molecular formula is C33H42N8O4S. The van der Waals surface area contributed by atoms with Crippen LogP contribution >= 0.6 is 11.3 Å². The lowest BCUT2D eigenvalue weighted by Gasteiger charge is -2.35. The zero-order valence-corrected chi connectivity index (χ0v) is 27.8. The maximum Gasteiger partial charge on any atom is 0.246 e. The Kier molecular flexibility index (Phi) is 9.31. The molecule has 3 aromatic rings. The SMILES string of the molecule is COC/C=C/C(=O)N1CCN(c2cc(O[C@@H](C)[C@@H]3CCCN3C)nc(-c3cc(C4(C)CCCc5sc(N)c(C#N)c54)on3)n2)CC1. The molecule has 0 aromatic carbocycles. The minimum absolute atomic E-state index is 0.0277. The minimum Gasteiger partial charge on any atom is -0.473 e. The number of nitrogen functional groups attached to an aromatic ring is 1. The Balaban J connectivity index is 1.30. The van der Waals surface area contributed by atoms with Crippen LogP contribution in [-0.2, 0) is 21.4 Å². The molecule has 2 N–H and O–H groups in total. The second kappa shape index (κ2) is 13.4. The molecule has 46 heavy (non-hydrogen) atoms. The average molecular weight is 647 g/mol. The number of carbonyl (C=O) groups is 1. The fourth-order valence-electron chi connectivity index (χ4n) is 7.04. The number of methoxy groups -OCH3 is 1. The van der Waals surface area contributed by atoms with E-state index in [1.165, 1.54) is 11.3 Å². The van der Waals surface area contributed by atoms with E-state index in [9.17, 15) is 10.1 Å². The van der Waals surface area contributed by atoms with Crippen LogP contribution in [-0.4, -0.2) is 96.5 Å². The number of nitriles is 1. The van der Waals surface area contributed by atoms with Crippen molar-refractivity contribution >= 4 is 28.1 Å². The second-order valence-electron chi connectivity index (χ2n) is 12.6. The minimum atomic E-state index is -0.545. The average Bonchev–Trinajstić information content (AvgIpc) is 3.80. The highest BCUT2D eigenvalue weighted by Crippen LogP contribution is 2.49. The summed E-state index contributed by atoms with van der Waals surface area (Å²) in [7, 11) is 3.73. The van der Waals surface area contributed by atoms with Crippen LogP contribution in [0.2, 0.25) is 0 Å². The van der Waals surface area contributed by atoms with Crippen molar-refractivity contribution in [2.45, 2.75) is 63.5 Å². The molecule has 13 heteroatoms. The van der Waals surface area contributed by atoms with Crippen LogP contribution in [0, 0.1) is 11.3 Å². The molecule has 1 amide bonds. The first-order chi connectivity index (χ1) is 22.2. The highest BCUT2D eigenvalue weighted by Gasteiger charge is 2.42. The number of rotatable bonds is 9. The third-order valence-corrected chi connectivity index (χ3v) is 10.7. The van der Waals surface area contributed by atoms with Crippen molar-refractivity contribution in [2.24, 2.45) is 0 Å². The second-order valence-corrected chi connectivity index (χ2v) is 13.7. The number of likely N-dealkylation sites (N-methyl/N-ethyl adjacent to an activating group) is 1. The van der Waals surface area contributed by atoms with Crippen molar-refractivity contribution < 1.29 is 18.8 Å². The van der Waals surface area contributed by atoms with E-state index in [0.717, 1.165) is 49.1 Å². The molecule has 6 rings (SSSR count). The highest BCUT2D eigenvalue weighted by molar-refractivity contribution is 7.16.